The van der Waals surface area contributed by atoms with Gasteiger partial charge in [0.15, 0.2) is 0 Å². The lowest BCUT2D eigenvalue weighted by Crippen LogP contribution is -2.20. The summed E-state index contributed by atoms with van der Waals surface area (Å²) in [7, 11) is 1.76. The van der Waals surface area contributed by atoms with Gasteiger partial charge in [0.05, 0.1) is 6.61 Å². The Morgan fingerprint density at radius 2 is 1.89 bits per heavy atom. The monoisotopic (exact) mass is 261 g/mol. The van der Waals surface area contributed by atoms with Crippen LogP contribution in [0.3, 0.4) is 0 Å². The second-order valence-corrected chi connectivity index (χ2v) is 5.91. The zero-order valence-corrected chi connectivity index (χ0v) is 12.3. The fourth-order valence-corrected chi connectivity index (χ4v) is 2.91. The summed E-state index contributed by atoms with van der Waals surface area (Å²) >= 11 is 0. The van der Waals surface area contributed by atoms with Crippen molar-refractivity contribution in [2.75, 3.05) is 25.6 Å². The first-order chi connectivity index (χ1) is 9.29. The van der Waals surface area contributed by atoms with Gasteiger partial charge in [0.25, 0.3) is 0 Å². The van der Waals surface area contributed by atoms with Crippen molar-refractivity contribution in [2.45, 2.75) is 39.0 Å². The van der Waals surface area contributed by atoms with Crippen LogP contribution in [0.4, 0.5) is 5.69 Å². The number of nitrogens with one attached hydrogen (secondary N) is 1. The van der Waals surface area contributed by atoms with Crippen LogP contribution in [-0.2, 0) is 11.2 Å². The summed E-state index contributed by atoms with van der Waals surface area (Å²) in [5.41, 5.74) is 2.66. The Morgan fingerprint density at radius 3 is 2.63 bits per heavy atom. The minimum atomic E-state index is 0.791. The first kappa shape index (κ1) is 14.4. The third kappa shape index (κ3) is 4.54. The quantitative estimate of drug-likeness (QED) is 0.832. The molecule has 0 aliphatic heterocycles. The highest BCUT2D eigenvalue weighted by atomic mass is 16.5. The number of anilines is 1. The van der Waals surface area contributed by atoms with Gasteiger partial charge in [-0.3, -0.25) is 0 Å². The molecule has 1 aromatic carbocycles. The second kappa shape index (κ2) is 7.54. The normalized spacial score (nSPS) is 23.3. The van der Waals surface area contributed by atoms with Crippen molar-refractivity contribution in [3.05, 3.63) is 29.8 Å². The van der Waals surface area contributed by atoms with Gasteiger partial charge in [-0.2, -0.15) is 0 Å². The Kier molecular flexibility index (Phi) is 5.71. The molecule has 1 saturated carbocycles. The molecule has 2 heteroatoms. The predicted octanol–water partition coefficient (Wildman–Crippen LogP) is 4.11. The van der Waals surface area contributed by atoms with Gasteiger partial charge in [-0.25, -0.2) is 0 Å². The van der Waals surface area contributed by atoms with Gasteiger partial charge in [-0.1, -0.05) is 38.0 Å². The Morgan fingerprint density at radius 1 is 1.16 bits per heavy atom. The molecule has 1 aliphatic carbocycles. The van der Waals surface area contributed by atoms with Gasteiger partial charge < -0.3 is 10.1 Å². The number of para-hydroxylation sites is 1. The predicted molar refractivity (Wildman–Crippen MR) is 81.6 cm³/mol. The topological polar surface area (TPSA) is 21.3 Å². The molecule has 0 radical (unpaired) electrons. The lowest BCUT2D eigenvalue weighted by molar-refractivity contribution is 0.202. The van der Waals surface area contributed by atoms with Gasteiger partial charge in [-0.15, -0.1) is 0 Å². The van der Waals surface area contributed by atoms with E-state index in [-0.39, 0.29) is 0 Å². The molecule has 0 saturated heterocycles. The van der Waals surface area contributed by atoms with E-state index in [2.05, 4.69) is 36.5 Å². The standard InChI is InChI=1S/C17H27NO/c1-14-7-9-15(10-8-14)13-18-17-6-4-3-5-16(17)11-12-19-2/h3-6,14-15,18H,7-13H2,1-2H3. The zero-order valence-electron chi connectivity index (χ0n) is 12.3. The molecule has 1 fully saturated rings. The number of hydrogen-bond donors (Lipinski definition) is 1. The Hall–Kier alpha value is -1.02. The van der Waals surface area contributed by atoms with Gasteiger partial charge in [0, 0.05) is 19.3 Å². The van der Waals surface area contributed by atoms with Gasteiger partial charge in [-0.05, 0) is 42.7 Å². The minimum Gasteiger partial charge on any atom is -0.385 e. The molecule has 0 unspecified atom stereocenters. The van der Waals surface area contributed by atoms with E-state index in [1.165, 1.54) is 36.9 Å². The lowest BCUT2D eigenvalue weighted by atomic mass is 9.83. The smallest absolute Gasteiger partial charge is 0.0503 e. The fraction of sp³-hybridized carbons (Fsp3) is 0.647. The van der Waals surface area contributed by atoms with Gasteiger partial charge in [0.2, 0.25) is 0 Å². The first-order valence-corrected chi connectivity index (χ1v) is 7.60. The van der Waals surface area contributed by atoms with Gasteiger partial charge >= 0.3 is 0 Å². The van der Waals surface area contributed by atoms with E-state index < -0.39 is 0 Å². The number of ether oxygens (including phenoxy) is 1. The molecule has 0 aromatic heterocycles. The van der Waals surface area contributed by atoms with E-state index in [9.17, 15) is 0 Å². The van der Waals surface area contributed by atoms with Crippen molar-refractivity contribution in [2.24, 2.45) is 11.8 Å². The molecule has 1 aliphatic rings. The Bertz CT molecular complexity index is 369. The van der Waals surface area contributed by atoms with Crippen LogP contribution in [0.25, 0.3) is 0 Å². The summed E-state index contributed by atoms with van der Waals surface area (Å²) in [6.45, 7) is 4.29. The van der Waals surface area contributed by atoms with Crippen LogP contribution in [0.2, 0.25) is 0 Å². The highest BCUT2D eigenvalue weighted by Crippen LogP contribution is 2.28. The third-order valence-electron chi connectivity index (χ3n) is 4.31. The van der Waals surface area contributed by atoms with E-state index in [4.69, 9.17) is 4.74 Å². The third-order valence-corrected chi connectivity index (χ3v) is 4.31. The van der Waals surface area contributed by atoms with E-state index in [0.717, 1.165) is 31.4 Å². The summed E-state index contributed by atoms with van der Waals surface area (Å²) in [6.07, 6.45) is 6.56. The molecular formula is C17H27NO. The maximum absolute atomic E-state index is 5.18. The van der Waals surface area contributed by atoms with Crippen molar-refractivity contribution in [3.8, 4) is 0 Å². The van der Waals surface area contributed by atoms with Crippen LogP contribution >= 0.6 is 0 Å². The first-order valence-electron chi connectivity index (χ1n) is 7.60. The van der Waals surface area contributed by atoms with Crippen LogP contribution in [0.5, 0.6) is 0 Å². The maximum atomic E-state index is 5.18. The van der Waals surface area contributed by atoms with Crippen molar-refractivity contribution in [1.29, 1.82) is 0 Å². The van der Waals surface area contributed by atoms with E-state index in [0.29, 0.717) is 0 Å². The van der Waals surface area contributed by atoms with E-state index in [1.807, 2.05) is 0 Å². The Labute approximate surface area is 117 Å². The largest absolute Gasteiger partial charge is 0.385 e. The summed E-state index contributed by atoms with van der Waals surface area (Å²) in [6, 6.07) is 8.61. The van der Waals surface area contributed by atoms with Crippen LogP contribution < -0.4 is 5.32 Å². The van der Waals surface area contributed by atoms with Crippen LogP contribution in [0.1, 0.15) is 38.2 Å². The summed E-state index contributed by atoms with van der Waals surface area (Å²) < 4.78 is 5.18. The van der Waals surface area contributed by atoms with Crippen LogP contribution in [-0.4, -0.2) is 20.3 Å². The molecule has 19 heavy (non-hydrogen) atoms. The molecule has 0 spiro atoms. The highest BCUT2D eigenvalue weighted by Gasteiger charge is 2.17. The molecule has 106 valence electrons. The van der Waals surface area contributed by atoms with E-state index >= 15 is 0 Å². The average molecular weight is 261 g/mol. The van der Waals surface area contributed by atoms with Crippen LogP contribution in [0.15, 0.2) is 24.3 Å². The number of methoxy groups -OCH3 is 1. The van der Waals surface area contributed by atoms with Crippen molar-refractivity contribution < 1.29 is 4.74 Å². The summed E-state index contributed by atoms with van der Waals surface area (Å²) in [4.78, 5) is 0. The maximum Gasteiger partial charge on any atom is 0.0503 e. The molecular weight excluding hydrogens is 234 g/mol. The van der Waals surface area contributed by atoms with Crippen molar-refractivity contribution in [3.63, 3.8) is 0 Å². The fourth-order valence-electron chi connectivity index (χ4n) is 2.91. The zero-order chi connectivity index (χ0) is 13.5. The van der Waals surface area contributed by atoms with E-state index in [1.54, 1.807) is 7.11 Å². The summed E-state index contributed by atoms with van der Waals surface area (Å²) in [5, 5.41) is 3.65. The molecule has 0 amide bonds. The second-order valence-electron chi connectivity index (χ2n) is 5.91. The molecule has 1 aromatic rings. The minimum absolute atomic E-state index is 0.791. The summed E-state index contributed by atoms with van der Waals surface area (Å²) in [5.74, 6) is 1.79. The molecule has 1 N–H and O–H groups in total. The van der Waals surface area contributed by atoms with Crippen LogP contribution in [0, 0.1) is 11.8 Å². The highest BCUT2D eigenvalue weighted by molar-refractivity contribution is 5.51. The Balaban J connectivity index is 1.84. The molecule has 0 atom stereocenters. The molecule has 0 heterocycles. The van der Waals surface area contributed by atoms with Gasteiger partial charge in [0.1, 0.15) is 0 Å². The SMILES string of the molecule is COCCc1ccccc1NCC1CCC(C)CC1. The number of benzene rings is 1. The number of hydrogen-bond acceptors (Lipinski definition) is 2. The van der Waals surface area contributed by atoms with Crippen molar-refractivity contribution >= 4 is 5.69 Å². The molecule has 0 bridgehead atoms. The molecule has 2 rings (SSSR count). The molecule has 2 nitrogen and oxygen atoms in total. The average Bonchev–Trinajstić information content (AvgIpc) is 2.45. The lowest BCUT2D eigenvalue weighted by Gasteiger charge is -2.27. The van der Waals surface area contributed by atoms with Crippen molar-refractivity contribution in [1.82, 2.24) is 0 Å². The number of rotatable bonds is 6.